The van der Waals surface area contributed by atoms with E-state index in [4.69, 9.17) is 69.6 Å². The first-order valence-electron chi connectivity index (χ1n) is 33.0. The van der Waals surface area contributed by atoms with Crippen LogP contribution >= 0.6 is 0 Å². The average molecular weight is 2560 g/mol. The first-order valence-corrected chi connectivity index (χ1v) is 90.3. The number of nitrogens with zero attached hydrogens (tertiary/aromatic N) is 2. The maximum atomic E-state index is 13.3. The van der Waals surface area contributed by atoms with Crippen molar-refractivity contribution in [1.29, 1.82) is 0 Å². The summed E-state index contributed by atoms with van der Waals surface area (Å²) in [6.45, 7) is 9.85. The maximum Gasteiger partial charge on any atom is 0.408 e. The van der Waals surface area contributed by atoms with Gasteiger partial charge < -0.3 is 35.3 Å². The molecule has 0 radical (unpaired) electrons. The molecule has 0 spiro atoms. The van der Waals surface area contributed by atoms with Crippen molar-refractivity contribution in [3.63, 3.8) is 0 Å². The van der Waals surface area contributed by atoms with Crippen molar-refractivity contribution >= 4 is 456 Å². The van der Waals surface area contributed by atoms with E-state index in [-0.39, 0.29) is 61.0 Å². The van der Waals surface area contributed by atoms with E-state index in [0.717, 1.165) is 16.7 Å². The second kappa shape index (κ2) is 85.2. The quantitative estimate of drug-likeness (QED) is 0.0200. The molecule has 6 rings (SSSR count). The van der Waals surface area contributed by atoms with Crippen molar-refractivity contribution in [2.45, 2.75) is 116 Å². The molecule has 6 aromatic carbocycles. The van der Waals surface area contributed by atoms with E-state index in [2.05, 4.69) is 10.1 Å². The number of carbonyl (C=O) groups is 7. The second-order valence-corrected chi connectivity index (χ2v) is 95.3. The topological polar surface area (TPSA) is 236 Å². The van der Waals surface area contributed by atoms with Gasteiger partial charge in [-0.2, -0.15) is 4.79 Å². The van der Waals surface area contributed by atoms with E-state index in [1.807, 2.05) is 118 Å². The first-order chi connectivity index (χ1) is 60.6. The number of aliphatic hydroxyl groups is 1. The highest BCUT2D eigenvalue weighted by atomic mass is 33.5. The van der Waals surface area contributed by atoms with Crippen LogP contribution < -0.4 is 5.32 Å². The van der Waals surface area contributed by atoms with Gasteiger partial charge in [0.15, 0.2) is 17.7 Å². The van der Waals surface area contributed by atoms with Crippen LogP contribution in [0.5, 0.6) is 0 Å². The Morgan fingerprint density at radius 1 is 0.373 bits per heavy atom. The molecule has 0 saturated carbocycles. The minimum Gasteiger partial charge on any atom is -0.481 e. The fourth-order valence-electron chi connectivity index (χ4n) is 7.44. The van der Waals surface area contributed by atoms with Crippen LogP contribution in [0.3, 0.4) is 0 Å². The molecule has 0 aliphatic heterocycles. The molecule has 1 amide bonds. The van der Waals surface area contributed by atoms with Gasteiger partial charge in [0.25, 0.3) is 0 Å². The van der Waals surface area contributed by atoms with Crippen LogP contribution in [0, 0.1) is 17.5 Å². The summed E-state index contributed by atoms with van der Waals surface area (Å²) in [5.74, 6) is -4.36. The second-order valence-electron chi connectivity index (χ2n) is 22.8. The first kappa shape index (κ1) is 125. The normalized spacial score (nSPS) is 9.95. The van der Waals surface area contributed by atoms with E-state index in [1.165, 1.54) is 108 Å². The van der Waals surface area contributed by atoms with Gasteiger partial charge in [-0.15, -0.1) is 0 Å². The van der Waals surface area contributed by atoms with Crippen LogP contribution in [0.15, 0.2) is 164 Å². The lowest BCUT2D eigenvalue weighted by atomic mass is 10.00. The Kier molecular flexibility index (Phi) is 84.6. The molecule has 15 nitrogen and oxygen atoms in total. The summed E-state index contributed by atoms with van der Waals surface area (Å²) in [6.07, 6.45) is -1.09. The number of hydrogen-bond donors (Lipinski definition) is 3. The lowest BCUT2D eigenvalue weighted by molar-refractivity contribution is -0.157. The Morgan fingerprint density at radius 3 is 0.952 bits per heavy atom. The van der Waals surface area contributed by atoms with Crippen LogP contribution in [0.4, 0.5) is 18.0 Å². The summed E-state index contributed by atoms with van der Waals surface area (Å²) < 4.78 is 54.1. The molecule has 0 heterocycles. The van der Waals surface area contributed by atoms with Crippen molar-refractivity contribution in [3.05, 3.63) is 220 Å². The number of halogens is 3. The molecule has 0 aromatic heterocycles. The van der Waals surface area contributed by atoms with Crippen molar-refractivity contribution in [3.8, 4) is 0 Å². The van der Waals surface area contributed by atoms with E-state index in [0.29, 0.717) is 36.0 Å². The van der Waals surface area contributed by atoms with Gasteiger partial charge in [0.2, 0.25) is 5.78 Å². The summed E-state index contributed by atoms with van der Waals surface area (Å²) in [7, 11) is 70.8. The predicted octanol–water partition coefficient (Wildman–Crippen LogP) is 11.3. The molecule has 3 N–H and O–H groups in total. The summed E-state index contributed by atoms with van der Waals surface area (Å²) in [6, 6.07) is 44.5. The number of amides is 1. The van der Waals surface area contributed by atoms with Gasteiger partial charge in [0.05, 0.1) is 18.4 Å². The smallest absolute Gasteiger partial charge is 0.408 e. The third kappa shape index (κ3) is 76.1. The third-order valence-corrected chi connectivity index (χ3v) is 98.7. The van der Waals surface area contributed by atoms with Gasteiger partial charge in [0, 0.05) is 434 Å². The molecule has 2 atom stereocenters. The van der Waals surface area contributed by atoms with Gasteiger partial charge >= 0.3 is 29.7 Å². The highest BCUT2D eigenvalue weighted by Gasteiger charge is 2.27. The third-order valence-electron chi connectivity index (χ3n) is 12.0. The number of ketones is 3. The number of hydrogen-bond acceptors (Lipinski definition) is 15. The number of ether oxygens (including phenoxy) is 3. The highest BCUT2D eigenvalue weighted by molar-refractivity contribution is 8.80. The standard InChI is InChI=1S/C23H26FNO5.C16H13FN2O.C16H15FO2.C8H14O4.S23.S22/c1-23(2,3)30-22(28)25-15-20(27)29-21(17-10-12-18(24)13-11-17)19(26)14-9-16-7-5-4-6-8-16;17-14-9-7-13(8-10-14)16(19-18)15(20)11-6-12-4-2-1-3-5-12;17-14-9-7-13(8-10-14)16(19)15(18)11-6-12-4-2-1-3-5-12;1-8(2,3)12-7(11)5-4-6(9)10;1-3-5-7-9-11-13-15-17-19-21-23-22-20-18-16-14-12-10-8-6-4-2;1-3-5-7-9-11-13-15-17-19-21-22-20-18-16-14-12-10-8-6-4-2/h4-8,10-13,21H,9,14-15H2,1-3H3,(H,25,28);1-5,7-10H,6,11H2;1-5,7-10,16,19H,6,11H2;4-5H2,1-3H3,(H,9,10);;. The summed E-state index contributed by atoms with van der Waals surface area (Å²) >= 11 is 19.1. The number of rotatable bonds is 21. The number of esters is 2. The molecule has 126 heavy (non-hydrogen) atoms. The van der Waals surface area contributed by atoms with Gasteiger partial charge in [0.1, 0.15) is 41.3 Å². The molecular weight excluding hydrogens is 2490 g/mol. The van der Waals surface area contributed by atoms with E-state index >= 15 is 0 Å². The Bertz CT molecular complexity index is 6600. The molecule has 698 valence electrons. The number of carboxylic acid groups (broad SMARTS) is 1. The number of carboxylic acids is 1. The number of benzene rings is 6. The van der Waals surface area contributed by atoms with Crippen molar-refractivity contribution < 1.29 is 75.9 Å². The van der Waals surface area contributed by atoms with Gasteiger partial charge in [-0.05, 0) is 132 Å². The Hall–Kier alpha value is 1.04. The van der Waals surface area contributed by atoms with Gasteiger partial charge in [-0.25, -0.2) is 18.0 Å². The predicted molar refractivity (Wildman–Crippen MR) is 628 cm³/mol. The van der Waals surface area contributed by atoms with E-state index < -0.39 is 65.6 Å². The minimum absolute atomic E-state index is 0.0408. The fraction of sp³-hybridized carbons (Fsp3) is 0.302. The molecule has 2 unspecified atom stereocenters. The number of aryl methyl sites for hydroxylation is 3. The number of Topliss-reactive ketones (excluding diaryl/α,β-unsaturated/α-hetero) is 3. The van der Waals surface area contributed by atoms with Gasteiger partial charge in [-0.3, -0.25) is 28.8 Å². The van der Waals surface area contributed by atoms with E-state index in [9.17, 15) is 51.8 Å². The largest absolute Gasteiger partial charge is 0.481 e. The molecule has 6 aromatic rings. The minimum atomic E-state index is -1.19. The average Bonchev–Trinajstić information content (AvgIpc) is 0.850. The van der Waals surface area contributed by atoms with Crippen LogP contribution in [0.25, 0.3) is 5.53 Å². The Balaban J connectivity index is 0.000000769. The van der Waals surface area contributed by atoms with Crippen molar-refractivity contribution in [2.24, 2.45) is 0 Å². The lowest BCUT2D eigenvalue weighted by Crippen LogP contribution is -2.36. The zero-order valence-corrected chi connectivity index (χ0v) is 101. The van der Waals surface area contributed by atoms with Crippen molar-refractivity contribution in [1.82, 2.24) is 5.32 Å². The van der Waals surface area contributed by atoms with Crippen LogP contribution in [-0.2, 0) is 471 Å². The number of aliphatic carboxylic acids is 1. The molecule has 63 heteroatoms. The van der Waals surface area contributed by atoms with Crippen LogP contribution in [0.1, 0.15) is 119 Å². The van der Waals surface area contributed by atoms with Crippen LogP contribution in [-0.4, -0.2) is 79.8 Å². The van der Waals surface area contributed by atoms with Gasteiger partial charge in [-0.1, -0.05) is 115 Å². The highest BCUT2D eigenvalue weighted by Crippen LogP contribution is 2.23. The number of nitrogens with one attached hydrogen (secondary N) is 1. The number of aliphatic hydroxyl groups excluding tert-OH is 1. The zero-order chi connectivity index (χ0) is 93.0. The number of carbonyl (C=O) groups excluding carboxylic acids is 6. The van der Waals surface area contributed by atoms with Crippen LogP contribution in [0.2, 0.25) is 0 Å². The fourth-order valence-corrected chi connectivity index (χ4v) is 109. The molecule has 0 fully saturated rings. The molecule has 0 saturated heterocycles. The SMILES string of the molecule is CC(C)(C)OC(=O)CCC(=O)O.CC(C)(C)OC(=O)NCC(=O)OC(C(=O)CCc1ccccc1)c1ccc(F)cc1.O=C(CCc1ccccc1)C(O)c1ccc(F)cc1.S=S=S=S=S=S=S=S=S=S=S=S=S=S=S=S=S=S=S=S=S=S.S=S=S=S=S=S=S=S=S=S=S=S=S=S=S=S=S=S=S=S=S=S=S.[N-]=[N+]=C(C(=O)CCc1ccccc1)c1ccc(F)cc1. The van der Waals surface area contributed by atoms with E-state index in [1.54, 1.807) is 343 Å². The summed E-state index contributed by atoms with van der Waals surface area (Å²) in [5, 5.41) is 20.4. The molecular formula is C63H68F3N3O12S45. The summed E-state index contributed by atoms with van der Waals surface area (Å²) in [5.41, 5.74) is 12.0. The summed E-state index contributed by atoms with van der Waals surface area (Å²) in [4.78, 5) is 84.6. The molecule has 0 aliphatic carbocycles. The Morgan fingerprint density at radius 2 is 0.659 bits per heavy atom. The van der Waals surface area contributed by atoms with Crippen molar-refractivity contribution in [2.75, 3.05) is 6.54 Å². The Labute approximate surface area is 865 Å². The lowest BCUT2D eigenvalue weighted by Gasteiger charge is -2.20. The monoisotopic (exact) mass is 2550 g/mol. The maximum absolute atomic E-state index is 13.3. The number of alkyl carbamates (subject to hydrolysis) is 1. The molecule has 0 bridgehead atoms. The zero-order valence-electron chi connectivity index (χ0n) is 64.5. The molecule has 0 aliphatic rings.